The van der Waals surface area contributed by atoms with Crippen LogP contribution >= 0.6 is 0 Å². The molecule has 0 aliphatic carbocycles. The van der Waals surface area contributed by atoms with Gasteiger partial charge in [-0.25, -0.2) is 4.68 Å². The molecule has 0 radical (unpaired) electrons. The zero-order valence-electron chi connectivity index (χ0n) is 14.9. The summed E-state index contributed by atoms with van der Waals surface area (Å²) in [4.78, 5) is 17.4. The van der Waals surface area contributed by atoms with Crippen molar-refractivity contribution in [1.82, 2.24) is 24.8 Å². The first kappa shape index (κ1) is 16.3. The van der Waals surface area contributed by atoms with Crippen molar-refractivity contribution in [2.24, 2.45) is 0 Å². The van der Waals surface area contributed by atoms with Crippen LogP contribution in [-0.2, 0) is 0 Å². The third kappa shape index (κ3) is 3.06. The fourth-order valence-electron chi connectivity index (χ4n) is 4.20. The summed E-state index contributed by atoms with van der Waals surface area (Å²) < 4.78 is 1.68. The highest BCUT2D eigenvalue weighted by Gasteiger charge is 2.39. The minimum atomic E-state index is 0.0150. The second kappa shape index (κ2) is 6.59. The van der Waals surface area contributed by atoms with Crippen LogP contribution < -0.4 is 0 Å². The van der Waals surface area contributed by atoms with Gasteiger partial charge in [0.1, 0.15) is 0 Å². The molecule has 2 atom stereocenters. The first-order valence-electron chi connectivity index (χ1n) is 9.14. The number of carbonyl (C=O) groups is 1. The standard InChI is InChI=1S/C19H25N5O/c1-14-7-9-15(10-8-14)24-13-16(20-21-24)19(25)23-12-4-6-18(23)17-5-3-11-22(17)2/h7-10,13,17-18H,3-6,11-12H2,1-2H3/t17-,18+/m1/s1. The van der Waals surface area contributed by atoms with E-state index in [9.17, 15) is 4.79 Å². The van der Waals surface area contributed by atoms with Gasteiger partial charge in [-0.05, 0) is 58.3 Å². The van der Waals surface area contributed by atoms with Crippen molar-refractivity contribution in [2.45, 2.75) is 44.7 Å². The van der Waals surface area contributed by atoms with Gasteiger partial charge >= 0.3 is 0 Å². The van der Waals surface area contributed by atoms with Crippen LogP contribution in [0.4, 0.5) is 0 Å². The third-order valence-corrected chi connectivity index (χ3v) is 5.59. The predicted molar refractivity (Wildman–Crippen MR) is 95.8 cm³/mol. The molecule has 1 aromatic heterocycles. The number of hydrogen-bond donors (Lipinski definition) is 0. The van der Waals surface area contributed by atoms with Crippen molar-refractivity contribution < 1.29 is 4.79 Å². The molecule has 0 bridgehead atoms. The molecule has 6 nitrogen and oxygen atoms in total. The lowest BCUT2D eigenvalue weighted by molar-refractivity contribution is 0.0658. The molecule has 0 spiro atoms. The molecule has 0 saturated carbocycles. The van der Waals surface area contributed by atoms with Gasteiger partial charge in [0.2, 0.25) is 0 Å². The van der Waals surface area contributed by atoms with Crippen LogP contribution in [0.25, 0.3) is 5.69 Å². The molecule has 0 N–H and O–H groups in total. The van der Waals surface area contributed by atoms with E-state index in [1.54, 1.807) is 10.9 Å². The van der Waals surface area contributed by atoms with E-state index in [0.29, 0.717) is 17.8 Å². The third-order valence-electron chi connectivity index (χ3n) is 5.59. The van der Waals surface area contributed by atoms with Gasteiger partial charge in [0.05, 0.1) is 11.9 Å². The number of rotatable bonds is 3. The molecule has 2 aliphatic rings. The van der Waals surface area contributed by atoms with E-state index in [2.05, 4.69) is 22.3 Å². The van der Waals surface area contributed by atoms with Crippen molar-refractivity contribution in [3.05, 3.63) is 41.7 Å². The summed E-state index contributed by atoms with van der Waals surface area (Å²) in [6, 6.07) is 8.84. The molecule has 4 rings (SSSR count). The molecule has 1 aromatic carbocycles. The number of aryl methyl sites for hydroxylation is 1. The van der Waals surface area contributed by atoms with Gasteiger partial charge in [-0.2, -0.15) is 0 Å². The number of hydrogen-bond acceptors (Lipinski definition) is 4. The molecule has 6 heteroatoms. The van der Waals surface area contributed by atoms with E-state index in [-0.39, 0.29) is 5.91 Å². The summed E-state index contributed by atoms with van der Waals surface area (Å²) in [5.74, 6) is 0.0150. The van der Waals surface area contributed by atoms with Crippen molar-refractivity contribution in [2.75, 3.05) is 20.1 Å². The van der Waals surface area contributed by atoms with Gasteiger partial charge in [-0.3, -0.25) is 4.79 Å². The smallest absolute Gasteiger partial charge is 0.276 e. The Kier molecular flexibility index (Phi) is 4.29. The zero-order valence-corrected chi connectivity index (χ0v) is 14.9. The van der Waals surface area contributed by atoms with Gasteiger partial charge in [-0.1, -0.05) is 22.9 Å². The quantitative estimate of drug-likeness (QED) is 0.861. The van der Waals surface area contributed by atoms with Gasteiger partial charge in [-0.15, -0.1) is 5.10 Å². The highest BCUT2D eigenvalue weighted by atomic mass is 16.2. The average Bonchev–Trinajstić information content (AvgIpc) is 3.35. The largest absolute Gasteiger partial charge is 0.333 e. The highest BCUT2D eigenvalue weighted by Crippen LogP contribution is 2.29. The van der Waals surface area contributed by atoms with Gasteiger partial charge in [0, 0.05) is 18.6 Å². The van der Waals surface area contributed by atoms with Crippen LogP contribution in [0.3, 0.4) is 0 Å². The molecule has 0 unspecified atom stereocenters. The Morgan fingerprint density at radius 1 is 1.08 bits per heavy atom. The minimum Gasteiger partial charge on any atom is -0.333 e. The number of nitrogens with zero attached hydrogens (tertiary/aromatic N) is 5. The lowest BCUT2D eigenvalue weighted by atomic mass is 10.0. The molecule has 2 fully saturated rings. The van der Waals surface area contributed by atoms with Gasteiger partial charge in [0.15, 0.2) is 5.69 Å². The monoisotopic (exact) mass is 339 g/mol. The number of likely N-dealkylation sites (N-methyl/N-ethyl adjacent to an activating group) is 1. The summed E-state index contributed by atoms with van der Waals surface area (Å²) in [6.07, 6.45) is 6.32. The second-order valence-electron chi connectivity index (χ2n) is 7.28. The van der Waals surface area contributed by atoms with Crippen LogP contribution in [0.2, 0.25) is 0 Å². The van der Waals surface area contributed by atoms with E-state index in [4.69, 9.17) is 0 Å². The molecular formula is C19H25N5O. The van der Waals surface area contributed by atoms with Crippen molar-refractivity contribution in [1.29, 1.82) is 0 Å². The number of carbonyl (C=O) groups excluding carboxylic acids is 1. The van der Waals surface area contributed by atoms with E-state index < -0.39 is 0 Å². The van der Waals surface area contributed by atoms with Crippen LogP contribution in [0, 0.1) is 6.92 Å². The predicted octanol–water partition coefficient (Wildman–Crippen LogP) is 2.27. The Hall–Kier alpha value is -2.21. The number of benzene rings is 1. The van der Waals surface area contributed by atoms with E-state index in [1.807, 2.05) is 36.1 Å². The number of amides is 1. The normalized spacial score (nSPS) is 24.2. The maximum absolute atomic E-state index is 13.0. The summed E-state index contributed by atoms with van der Waals surface area (Å²) in [6.45, 7) is 4.01. The maximum atomic E-state index is 13.0. The van der Waals surface area contributed by atoms with Crippen molar-refractivity contribution >= 4 is 5.91 Å². The Morgan fingerprint density at radius 2 is 1.80 bits per heavy atom. The summed E-state index contributed by atoms with van der Waals surface area (Å²) in [5, 5.41) is 8.30. The number of aromatic nitrogens is 3. The molecule has 132 valence electrons. The Labute approximate surface area is 148 Å². The Morgan fingerprint density at radius 3 is 2.52 bits per heavy atom. The Bertz CT molecular complexity index is 753. The number of likely N-dealkylation sites (tertiary alicyclic amines) is 2. The van der Waals surface area contributed by atoms with Gasteiger partial charge in [0.25, 0.3) is 5.91 Å². The topological polar surface area (TPSA) is 54.3 Å². The summed E-state index contributed by atoms with van der Waals surface area (Å²) >= 11 is 0. The van der Waals surface area contributed by atoms with E-state index in [1.165, 1.54) is 18.4 Å². The lowest BCUT2D eigenvalue weighted by Gasteiger charge is -2.32. The molecule has 3 heterocycles. The van der Waals surface area contributed by atoms with Crippen molar-refractivity contribution in [3.63, 3.8) is 0 Å². The molecular weight excluding hydrogens is 314 g/mol. The fraction of sp³-hybridized carbons (Fsp3) is 0.526. The van der Waals surface area contributed by atoms with Crippen molar-refractivity contribution in [3.8, 4) is 5.69 Å². The van der Waals surface area contributed by atoms with Gasteiger partial charge < -0.3 is 9.80 Å². The van der Waals surface area contributed by atoms with Crippen LogP contribution in [-0.4, -0.2) is 62.9 Å². The average molecular weight is 339 g/mol. The lowest BCUT2D eigenvalue weighted by Crippen LogP contribution is -2.47. The van der Waals surface area contributed by atoms with Crippen LogP contribution in [0.15, 0.2) is 30.5 Å². The molecule has 2 saturated heterocycles. The molecule has 2 aromatic rings. The Balaban J connectivity index is 1.53. The fourth-order valence-corrected chi connectivity index (χ4v) is 4.20. The summed E-state index contributed by atoms with van der Waals surface area (Å²) in [7, 11) is 2.17. The van der Waals surface area contributed by atoms with E-state index in [0.717, 1.165) is 31.6 Å². The molecule has 25 heavy (non-hydrogen) atoms. The maximum Gasteiger partial charge on any atom is 0.276 e. The first-order chi connectivity index (χ1) is 12.1. The molecule has 2 aliphatic heterocycles. The first-order valence-corrected chi connectivity index (χ1v) is 9.14. The van der Waals surface area contributed by atoms with E-state index >= 15 is 0 Å². The zero-order chi connectivity index (χ0) is 17.4. The SMILES string of the molecule is Cc1ccc(-n2cc(C(=O)N3CCC[C@H]3[C@H]3CCCN3C)nn2)cc1. The molecule has 1 amide bonds. The van der Waals surface area contributed by atoms with Crippen LogP contribution in [0.5, 0.6) is 0 Å². The summed E-state index contributed by atoms with van der Waals surface area (Å²) in [5.41, 5.74) is 2.56. The highest BCUT2D eigenvalue weighted by molar-refractivity contribution is 5.92. The minimum absolute atomic E-state index is 0.0150. The second-order valence-corrected chi connectivity index (χ2v) is 7.28. The van der Waals surface area contributed by atoms with Crippen LogP contribution in [0.1, 0.15) is 41.7 Å².